The van der Waals surface area contributed by atoms with E-state index < -0.39 is 18.7 Å². The third kappa shape index (κ3) is 6.72. The van der Waals surface area contributed by atoms with E-state index >= 15 is 0 Å². The van der Waals surface area contributed by atoms with Gasteiger partial charge in [0.25, 0.3) is 0 Å². The van der Waals surface area contributed by atoms with Crippen LogP contribution in [0.25, 0.3) is 0 Å². The molecule has 0 aliphatic heterocycles. The molecule has 1 aromatic carbocycles. The van der Waals surface area contributed by atoms with Crippen LogP contribution in [-0.2, 0) is 4.74 Å². The number of nitrogens with one attached hydrogen (secondary N) is 1. The lowest BCUT2D eigenvalue weighted by atomic mass is 10.1. The summed E-state index contributed by atoms with van der Waals surface area (Å²) in [5.41, 5.74) is 0.850. The molecule has 0 spiro atoms. The fourth-order valence-electron chi connectivity index (χ4n) is 1.65. The van der Waals surface area contributed by atoms with Gasteiger partial charge in [-0.25, -0.2) is 0 Å². The zero-order valence-electron chi connectivity index (χ0n) is 11.5. The second-order valence-corrected chi connectivity index (χ2v) is 5.66. The quantitative estimate of drug-likeness (QED) is 0.781. The van der Waals surface area contributed by atoms with Crippen LogP contribution in [0.1, 0.15) is 31.9 Å². The number of benzene rings is 1. The van der Waals surface area contributed by atoms with Crippen LogP contribution in [0.2, 0.25) is 0 Å². The van der Waals surface area contributed by atoms with Crippen LogP contribution in [-0.4, -0.2) is 25.4 Å². The van der Waals surface area contributed by atoms with Crippen LogP contribution in [0.15, 0.2) is 28.7 Å². The number of ether oxygens (including phenoxy) is 1. The molecule has 0 aliphatic carbocycles. The minimum Gasteiger partial charge on any atom is -0.372 e. The lowest BCUT2D eigenvalue weighted by Crippen LogP contribution is -2.30. The molecule has 1 aromatic rings. The molecule has 0 amide bonds. The maximum Gasteiger partial charge on any atom is 0.391 e. The van der Waals surface area contributed by atoms with E-state index in [1.807, 2.05) is 38.1 Å². The van der Waals surface area contributed by atoms with Crippen molar-refractivity contribution >= 4 is 15.9 Å². The van der Waals surface area contributed by atoms with Crippen LogP contribution >= 0.6 is 15.9 Å². The van der Waals surface area contributed by atoms with Gasteiger partial charge in [0.1, 0.15) is 0 Å². The van der Waals surface area contributed by atoms with E-state index in [1.165, 1.54) is 0 Å². The molecule has 0 heterocycles. The Morgan fingerprint density at radius 1 is 1.25 bits per heavy atom. The summed E-state index contributed by atoms with van der Waals surface area (Å²) in [7, 11) is 0. The summed E-state index contributed by atoms with van der Waals surface area (Å²) in [6, 6.07) is 7.65. The van der Waals surface area contributed by atoms with Crippen molar-refractivity contribution in [3.8, 4) is 0 Å². The molecule has 0 radical (unpaired) electrons. The smallest absolute Gasteiger partial charge is 0.372 e. The van der Waals surface area contributed by atoms with Crippen LogP contribution in [0.4, 0.5) is 13.2 Å². The molecule has 1 unspecified atom stereocenters. The molecule has 0 aliphatic rings. The van der Waals surface area contributed by atoms with E-state index in [1.54, 1.807) is 0 Å². The number of rotatable bonds is 7. The Bertz CT molecular complexity index is 410. The first-order valence-electron chi connectivity index (χ1n) is 6.46. The predicted octanol–water partition coefficient (Wildman–Crippen LogP) is 4.46. The fourth-order valence-corrected chi connectivity index (χ4v) is 2.19. The Balaban J connectivity index is 2.68. The molecule has 0 aromatic heterocycles. The molecular weight excluding hydrogens is 335 g/mol. The van der Waals surface area contributed by atoms with Crippen molar-refractivity contribution in [2.45, 2.75) is 38.6 Å². The summed E-state index contributed by atoms with van der Waals surface area (Å²) in [4.78, 5) is 0. The highest BCUT2D eigenvalue weighted by Gasteiger charge is 2.27. The molecule has 114 valence electrons. The van der Waals surface area contributed by atoms with Gasteiger partial charge < -0.3 is 10.1 Å². The maximum atomic E-state index is 12.2. The second kappa shape index (κ2) is 8.00. The van der Waals surface area contributed by atoms with E-state index in [4.69, 9.17) is 4.74 Å². The summed E-state index contributed by atoms with van der Waals surface area (Å²) in [6.45, 7) is 4.09. The van der Waals surface area contributed by atoms with E-state index in [0.29, 0.717) is 6.54 Å². The van der Waals surface area contributed by atoms with Crippen molar-refractivity contribution in [2.24, 2.45) is 0 Å². The Kier molecular flexibility index (Phi) is 6.99. The topological polar surface area (TPSA) is 21.3 Å². The van der Waals surface area contributed by atoms with Gasteiger partial charge in [-0.15, -0.1) is 0 Å². The molecule has 20 heavy (non-hydrogen) atoms. The van der Waals surface area contributed by atoms with E-state index in [9.17, 15) is 13.2 Å². The Hall–Kier alpha value is -0.590. The Morgan fingerprint density at radius 3 is 2.45 bits per heavy atom. The average molecular weight is 354 g/mol. The monoisotopic (exact) mass is 353 g/mol. The van der Waals surface area contributed by atoms with Crippen LogP contribution < -0.4 is 5.32 Å². The highest BCUT2D eigenvalue weighted by atomic mass is 79.9. The van der Waals surface area contributed by atoms with Crippen LogP contribution in [0.5, 0.6) is 0 Å². The highest BCUT2D eigenvalue weighted by Crippen LogP contribution is 2.27. The minimum absolute atomic E-state index is 0.242. The van der Waals surface area contributed by atoms with Gasteiger partial charge in [-0.2, -0.15) is 13.2 Å². The Morgan fingerprint density at radius 2 is 1.90 bits per heavy atom. The summed E-state index contributed by atoms with van der Waals surface area (Å²) >= 11 is 3.41. The first-order chi connectivity index (χ1) is 9.29. The van der Waals surface area contributed by atoms with Crippen molar-refractivity contribution in [3.63, 3.8) is 0 Å². The van der Waals surface area contributed by atoms with Crippen molar-refractivity contribution < 1.29 is 17.9 Å². The van der Waals surface area contributed by atoms with Gasteiger partial charge in [0.15, 0.2) is 0 Å². The first-order valence-corrected chi connectivity index (χ1v) is 7.25. The third-order valence-electron chi connectivity index (χ3n) is 2.67. The average Bonchev–Trinajstić information content (AvgIpc) is 2.33. The highest BCUT2D eigenvalue weighted by molar-refractivity contribution is 9.10. The molecule has 0 bridgehead atoms. The molecule has 0 saturated heterocycles. The predicted molar refractivity (Wildman–Crippen MR) is 76.6 cm³/mol. The number of hydrogen-bond acceptors (Lipinski definition) is 2. The molecule has 2 nitrogen and oxygen atoms in total. The number of alkyl halides is 3. The van der Waals surface area contributed by atoms with Gasteiger partial charge in [0, 0.05) is 17.1 Å². The molecule has 1 N–H and O–H groups in total. The second-order valence-electron chi connectivity index (χ2n) is 4.81. The molecule has 0 saturated carbocycles. The standard InChI is InChI=1S/C14H19BrF3NO/c1-10(2)19-9-13(20-8-7-14(16,17)18)11-5-3-4-6-12(11)15/h3-6,10,13,19H,7-9H2,1-2H3. The van der Waals surface area contributed by atoms with Gasteiger partial charge in [-0.3, -0.25) is 0 Å². The molecule has 1 rings (SSSR count). The summed E-state index contributed by atoms with van der Waals surface area (Å²) in [5, 5.41) is 3.19. The zero-order valence-corrected chi connectivity index (χ0v) is 13.1. The van der Waals surface area contributed by atoms with Crippen molar-refractivity contribution in [1.29, 1.82) is 0 Å². The zero-order chi connectivity index (χ0) is 15.2. The molecule has 1 atom stereocenters. The molecular formula is C14H19BrF3NO. The maximum absolute atomic E-state index is 12.2. The third-order valence-corrected chi connectivity index (χ3v) is 3.39. The number of hydrogen-bond donors (Lipinski definition) is 1. The van der Waals surface area contributed by atoms with Gasteiger partial charge in [0.2, 0.25) is 0 Å². The van der Waals surface area contributed by atoms with E-state index in [-0.39, 0.29) is 12.6 Å². The SMILES string of the molecule is CC(C)NCC(OCCC(F)(F)F)c1ccccc1Br. The first kappa shape index (κ1) is 17.5. The molecule has 6 heteroatoms. The van der Waals surface area contributed by atoms with Gasteiger partial charge in [0.05, 0.1) is 19.1 Å². The van der Waals surface area contributed by atoms with Crippen molar-refractivity contribution in [1.82, 2.24) is 5.32 Å². The van der Waals surface area contributed by atoms with Gasteiger partial charge in [-0.05, 0) is 11.6 Å². The lowest BCUT2D eigenvalue weighted by Gasteiger charge is -2.22. The lowest BCUT2D eigenvalue weighted by molar-refractivity contribution is -0.149. The fraction of sp³-hybridized carbons (Fsp3) is 0.571. The van der Waals surface area contributed by atoms with Crippen molar-refractivity contribution in [2.75, 3.05) is 13.2 Å². The summed E-state index contributed by atoms with van der Waals surface area (Å²) in [5.74, 6) is 0. The minimum atomic E-state index is -4.19. The summed E-state index contributed by atoms with van der Waals surface area (Å²) in [6.07, 6.45) is -5.53. The van der Waals surface area contributed by atoms with Crippen LogP contribution in [0.3, 0.4) is 0 Å². The van der Waals surface area contributed by atoms with E-state index in [0.717, 1.165) is 10.0 Å². The number of halogens is 4. The van der Waals surface area contributed by atoms with Gasteiger partial charge in [-0.1, -0.05) is 48.0 Å². The van der Waals surface area contributed by atoms with Gasteiger partial charge >= 0.3 is 6.18 Å². The van der Waals surface area contributed by atoms with Crippen LogP contribution in [0, 0.1) is 0 Å². The van der Waals surface area contributed by atoms with E-state index in [2.05, 4.69) is 21.2 Å². The largest absolute Gasteiger partial charge is 0.391 e. The normalized spacial score (nSPS) is 13.8. The summed E-state index contributed by atoms with van der Waals surface area (Å²) < 4.78 is 42.8. The molecule has 0 fully saturated rings. The van der Waals surface area contributed by atoms with Crippen molar-refractivity contribution in [3.05, 3.63) is 34.3 Å². The Labute approximate surface area is 125 Å².